The summed E-state index contributed by atoms with van der Waals surface area (Å²) < 4.78 is 0. The number of likely N-dealkylation sites (N-methyl/N-ethyl adjacent to an activating group) is 1. The summed E-state index contributed by atoms with van der Waals surface area (Å²) >= 11 is 18.4. The number of fused-ring (bicyclic) bond motifs is 3. The minimum Gasteiger partial charge on any atom is -0.343 e. The number of carbonyl (C=O) groups excluding carboxylic acids is 2. The van der Waals surface area contributed by atoms with E-state index in [-0.39, 0.29) is 24.8 Å². The van der Waals surface area contributed by atoms with Gasteiger partial charge >= 0.3 is 6.03 Å². The van der Waals surface area contributed by atoms with Crippen LogP contribution in [0, 0.1) is 0 Å². The molecule has 0 aliphatic carbocycles. The minimum atomic E-state index is -0.483. The second-order valence-electron chi connectivity index (χ2n) is 8.24. The maximum atomic E-state index is 13.6. The Hall–Kier alpha value is -2.03. The lowest BCUT2D eigenvalue weighted by Gasteiger charge is -2.44. The van der Waals surface area contributed by atoms with Crippen molar-refractivity contribution in [1.29, 1.82) is 0 Å². The van der Waals surface area contributed by atoms with Crippen LogP contribution in [-0.4, -0.2) is 65.3 Å². The average Bonchev–Trinajstić information content (AvgIpc) is 3.17. The quantitative estimate of drug-likeness (QED) is 0.703. The molecule has 3 aliphatic heterocycles. The van der Waals surface area contributed by atoms with Gasteiger partial charge in [-0.3, -0.25) is 19.9 Å². The number of rotatable bonds is 3. The first-order valence-corrected chi connectivity index (χ1v) is 11.5. The smallest absolute Gasteiger partial charge is 0.328 e. The van der Waals surface area contributed by atoms with Crippen LogP contribution in [0.1, 0.15) is 12.0 Å². The Bertz CT molecular complexity index is 1070. The third-order valence-electron chi connectivity index (χ3n) is 6.37. The van der Waals surface area contributed by atoms with Gasteiger partial charge in [0.25, 0.3) is 5.91 Å². The van der Waals surface area contributed by atoms with Gasteiger partial charge in [-0.1, -0.05) is 40.9 Å². The number of hydrogen-bond donors (Lipinski definition) is 1. The number of anilines is 1. The molecule has 2 aromatic rings. The van der Waals surface area contributed by atoms with Crippen LogP contribution in [0.3, 0.4) is 0 Å². The van der Waals surface area contributed by atoms with Crippen molar-refractivity contribution >= 4 is 52.4 Å². The number of carbonyl (C=O) groups is 2. The number of urea groups is 1. The van der Waals surface area contributed by atoms with E-state index in [1.165, 1.54) is 4.90 Å². The fraction of sp³-hybridized carbons (Fsp3) is 0.364. The highest BCUT2D eigenvalue weighted by Crippen LogP contribution is 2.34. The van der Waals surface area contributed by atoms with Crippen molar-refractivity contribution in [3.8, 4) is 0 Å². The number of amides is 3. The molecule has 0 saturated carbocycles. The first-order chi connectivity index (χ1) is 15.3. The Morgan fingerprint density at radius 1 is 1.00 bits per heavy atom. The second-order valence-corrected chi connectivity index (χ2v) is 9.52. The highest BCUT2D eigenvalue weighted by molar-refractivity contribution is 6.35. The maximum Gasteiger partial charge on any atom is 0.328 e. The first-order valence-electron chi connectivity index (χ1n) is 10.4. The molecule has 3 heterocycles. The van der Waals surface area contributed by atoms with Gasteiger partial charge in [0.1, 0.15) is 18.5 Å². The van der Waals surface area contributed by atoms with Crippen LogP contribution in [0.4, 0.5) is 10.5 Å². The average molecular weight is 495 g/mol. The maximum absolute atomic E-state index is 13.6. The molecule has 0 spiro atoms. The van der Waals surface area contributed by atoms with Crippen LogP contribution in [0.5, 0.6) is 0 Å². The van der Waals surface area contributed by atoms with E-state index < -0.39 is 12.2 Å². The van der Waals surface area contributed by atoms with Crippen molar-refractivity contribution in [2.24, 2.45) is 0 Å². The summed E-state index contributed by atoms with van der Waals surface area (Å²) in [6.07, 6.45) is 0.292. The molecule has 10 heteroatoms. The van der Waals surface area contributed by atoms with E-state index in [1.54, 1.807) is 30.1 Å². The summed E-state index contributed by atoms with van der Waals surface area (Å²) in [5.74, 6) is -0.225. The third-order valence-corrected chi connectivity index (χ3v) is 7.21. The van der Waals surface area contributed by atoms with E-state index in [1.807, 2.05) is 24.3 Å². The lowest BCUT2D eigenvalue weighted by Crippen LogP contribution is -2.66. The highest BCUT2D eigenvalue weighted by Gasteiger charge is 2.56. The summed E-state index contributed by atoms with van der Waals surface area (Å²) in [5.41, 5.74) is 1.69. The number of halogens is 3. The van der Waals surface area contributed by atoms with E-state index in [9.17, 15) is 9.59 Å². The van der Waals surface area contributed by atoms with Crippen molar-refractivity contribution in [3.05, 3.63) is 63.1 Å². The van der Waals surface area contributed by atoms with Crippen LogP contribution in [0.25, 0.3) is 0 Å². The van der Waals surface area contributed by atoms with Gasteiger partial charge in [-0.2, -0.15) is 0 Å². The summed E-state index contributed by atoms with van der Waals surface area (Å²) in [4.78, 5) is 34.0. The van der Waals surface area contributed by atoms with Crippen LogP contribution in [0.15, 0.2) is 42.5 Å². The lowest BCUT2D eigenvalue weighted by atomic mass is 10.1. The van der Waals surface area contributed by atoms with Crippen molar-refractivity contribution in [3.63, 3.8) is 0 Å². The van der Waals surface area contributed by atoms with Gasteiger partial charge in [-0.25, -0.2) is 4.79 Å². The predicted octanol–water partition coefficient (Wildman–Crippen LogP) is 3.83. The van der Waals surface area contributed by atoms with Crippen molar-refractivity contribution in [2.45, 2.75) is 31.5 Å². The van der Waals surface area contributed by atoms with Crippen LogP contribution < -0.4 is 10.2 Å². The van der Waals surface area contributed by atoms with Gasteiger partial charge in [0.15, 0.2) is 0 Å². The monoisotopic (exact) mass is 493 g/mol. The summed E-state index contributed by atoms with van der Waals surface area (Å²) in [5, 5.41) is 5.11. The molecular formula is C22H22Cl3N5O2. The topological polar surface area (TPSA) is 59.1 Å². The molecule has 3 atom stereocenters. The summed E-state index contributed by atoms with van der Waals surface area (Å²) in [6, 6.07) is 11.9. The predicted molar refractivity (Wildman–Crippen MR) is 125 cm³/mol. The molecule has 32 heavy (non-hydrogen) atoms. The van der Waals surface area contributed by atoms with Crippen molar-refractivity contribution < 1.29 is 9.59 Å². The second kappa shape index (κ2) is 8.39. The Balaban J connectivity index is 1.43. The van der Waals surface area contributed by atoms with E-state index in [4.69, 9.17) is 34.8 Å². The van der Waals surface area contributed by atoms with E-state index in [0.29, 0.717) is 20.6 Å². The Labute approximate surface area is 201 Å². The number of nitrogens with zero attached hydrogens (tertiary/aromatic N) is 4. The van der Waals surface area contributed by atoms with Gasteiger partial charge < -0.3 is 9.80 Å². The molecule has 0 bridgehead atoms. The number of hydrogen-bond acceptors (Lipinski definition) is 5. The molecule has 0 radical (unpaired) electrons. The number of imide groups is 1. The number of nitrogens with one attached hydrogen (secondary N) is 1. The van der Waals surface area contributed by atoms with Crippen LogP contribution in [-0.2, 0) is 11.3 Å². The molecule has 3 saturated heterocycles. The third kappa shape index (κ3) is 3.62. The van der Waals surface area contributed by atoms with Crippen molar-refractivity contribution in [1.82, 2.24) is 20.0 Å². The van der Waals surface area contributed by atoms with Gasteiger partial charge in [-0.05, 0) is 48.4 Å². The zero-order valence-corrected chi connectivity index (χ0v) is 19.6. The van der Waals surface area contributed by atoms with Crippen molar-refractivity contribution in [2.75, 3.05) is 25.0 Å². The number of benzene rings is 2. The first kappa shape index (κ1) is 21.8. The zero-order valence-electron chi connectivity index (χ0n) is 17.3. The zero-order chi connectivity index (χ0) is 22.6. The molecule has 3 fully saturated rings. The minimum absolute atomic E-state index is 0.0979. The molecule has 1 N–H and O–H groups in total. The SMILES string of the molecule is CN1C(=O)N(Cc2ccc(Cl)cc2Cl)C(=O)C2C1NC1N(c3ccc(Cl)cc3)CCCN21. The molecule has 3 amide bonds. The molecule has 3 aliphatic rings. The summed E-state index contributed by atoms with van der Waals surface area (Å²) in [7, 11) is 1.72. The largest absolute Gasteiger partial charge is 0.343 e. The molecule has 0 aromatic heterocycles. The standard InChI is InChI=1S/C22H22Cl3N5O2/c1-27-19-18(20(31)30(22(27)32)12-13-3-4-15(24)11-17(13)25)29-10-2-9-28(21(29)26-19)16-7-5-14(23)6-8-16/h3-8,11,18-19,21,26H,2,9-10,12H2,1H3. The van der Waals surface area contributed by atoms with Gasteiger partial charge in [-0.15, -0.1) is 0 Å². The van der Waals surface area contributed by atoms with Gasteiger partial charge in [0.05, 0.1) is 6.54 Å². The van der Waals surface area contributed by atoms with Crippen LogP contribution in [0.2, 0.25) is 15.1 Å². The Morgan fingerprint density at radius 3 is 2.44 bits per heavy atom. The van der Waals surface area contributed by atoms with E-state index in [0.717, 1.165) is 25.2 Å². The molecule has 5 rings (SSSR count). The fourth-order valence-corrected chi connectivity index (χ4v) is 5.38. The molecule has 168 valence electrons. The molecule has 7 nitrogen and oxygen atoms in total. The van der Waals surface area contributed by atoms with Gasteiger partial charge in [0, 0.05) is 40.9 Å². The van der Waals surface area contributed by atoms with Crippen LogP contribution >= 0.6 is 34.8 Å². The van der Waals surface area contributed by atoms with E-state index >= 15 is 0 Å². The summed E-state index contributed by atoms with van der Waals surface area (Å²) in [6.45, 7) is 1.69. The molecular weight excluding hydrogens is 473 g/mol. The Morgan fingerprint density at radius 2 is 1.72 bits per heavy atom. The van der Waals surface area contributed by atoms with Gasteiger partial charge in [0.2, 0.25) is 0 Å². The highest BCUT2D eigenvalue weighted by atomic mass is 35.5. The van der Waals surface area contributed by atoms with E-state index in [2.05, 4.69) is 15.1 Å². The Kier molecular flexibility index (Phi) is 5.72. The molecule has 3 unspecified atom stereocenters. The normalized spacial score (nSPS) is 25.9. The lowest BCUT2D eigenvalue weighted by molar-refractivity contribution is -0.139. The molecule has 2 aromatic carbocycles. The fourth-order valence-electron chi connectivity index (χ4n) is 4.78.